The fourth-order valence-corrected chi connectivity index (χ4v) is 2.76. The number of hydrogen-bond acceptors (Lipinski definition) is 4. The highest BCUT2D eigenvalue weighted by Gasteiger charge is 2.35. The molecule has 0 saturated carbocycles. The number of amides is 1. The van der Waals surface area contributed by atoms with E-state index in [9.17, 15) is 18.0 Å². The number of benzene rings is 2. The summed E-state index contributed by atoms with van der Waals surface area (Å²) in [7, 11) is 0. The lowest BCUT2D eigenvalue weighted by Crippen LogP contribution is -2.33. The van der Waals surface area contributed by atoms with Crippen molar-refractivity contribution in [3.05, 3.63) is 66.1 Å². The molecule has 1 unspecified atom stereocenters. The second-order valence-corrected chi connectivity index (χ2v) is 6.74. The lowest BCUT2D eigenvalue weighted by atomic mass is 10.0. The van der Waals surface area contributed by atoms with Crippen molar-refractivity contribution < 1.29 is 18.0 Å². The van der Waals surface area contributed by atoms with Crippen LogP contribution in [0, 0.1) is 0 Å². The van der Waals surface area contributed by atoms with Gasteiger partial charge in [0.25, 0.3) is 0 Å². The number of anilines is 1. The van der Waals surface area contributed by atoms with Crippen LogP contribution in [0.3, 0.4) is 0 Å². The normalized spacial score (nSPS) is 14.0. The molecule has 1 atom stereocenters. The van der Waals surface area contributed by atoms with Gasteiger partial charge in [-0.1, -0.05) is 24.3 Å². The summed E-state index contributed by atoms with van der Waals surface area (Å²) in [5, 5.41) is 3.13. The average molecular weight is 377 g/mol. The first-order chi connectivity index (χ1) is 12.2. The van der Waals surface area contributed by atoms with Crippen molar-refractivity contribution in [2.24, 2.45) is 0 Å². The molecule has 0 bridgehead atoms. The van der Waals surface area contributed by atoms with E-state index < -0.39 is 22.4 Å². The van der Waals surface area contributed by atoms with E-state index in [1.165, 1.54) is 25.4 Å². The second-order valence-electron chi connectivity index (χ2n) is 5.84. The van der Waals surface area contributed by atoms with Crippen LogP contribution in [0.25, 0.3) is 10.9 Å². The Bertz CT molecular complexity index is 968. The molecule has 0 saturated heterocycles. The lowest BCUT2D eigenvalue weighted by Gasteiger charge is -2.23. The van der Waals surface area contributed by atoms with Gasteiger partial charge in [0.1, 0.15) is 11.1 Å². The van der Waals surface area contributed by atoms with Crippen molar-refractivity contribution in [1.82, 2.24) is 9.97 Å². The molecule has 0 spiro atoms. The summed E-state index contributed by atoms with van der Waals surface area (Å²) in [6.07, 6.45) is -3.17. The van der Waals surface area contributed by atoms with Crippen molar-refractivity contribution in [1.29, 1.82) is 0 Å². The van der Waals surface area contributed by atoms with Gasteiger partial charge in [0, 0.05) is 11.1 Å². The van der Waals surface area contributed by atoms with E-state index in [-0.39, 0.29) is 5.69 Å². The van der Waals surface area contributed by atoms with E-state index in [2.05, 4.69) is 27.9 Å². The summed E-state index contributed by atoms with van der Waals surface area (Å²) in [6, 6.07) is 11.5. The van der Waals surface area contributed by atoms with Gasteiger partial charge in [0.2, 0.25) is 5.91 Å². The summed E-state index contributed by atoms with van der Waals surface area (Å²) >= 11 is 4.44. The Hall–Kier alpha value is -2.61. The van der Waals surface area contributed by atoms with E-state index in [1.807, 2.05) is 0 Å². The highest BCUT2D eigenvalue weighted by atomic mass is 32.1. The summed E-state index contributed by atoms with van der Waals surface area (Å²) in [5.41, 5.74) is 0.202. The number of aromatic nitrogens is 2. The number of alkyl halides is 3. The Morgan fingerprint density at radius 2 is 1.81 bits per heavy atom. The molecule has 1 aromatic heterocycles. The smallest absolute Gasteiger partial charge is 0.325 e. The molecular weight excluding hydrogens is 363 g/mol. The largest absolute Gasteiger partial charge is 0.416 e. The minimum Gasteiger partial charge on any atom is -0.325 e. The summed E-state index contributed by atoms with van der Waals surface area (Å²) < 4.78 is 37.1. The first-order valence-electron chi connectivity index (χ1n) is 7.61. The molecule has 26 heavy (non-hydrogen) atoms. The monoisotopic (exact) mass is 377 g/mol. The maximum atomic E-state index is 12.8. The van der Waals surface area contributed by atoms with Crippen molar-refractivity contribution in [3.8, 4) is 0 Å². The fraction of sp³-hybridized carbons (Fsp3) is 0.167. The van der Waals surface area contributed by atoms with Gasteiger partial charge in [-0.15, -0.1) is 0 Å². The predicted molar refractivity (Wildman–Crippen MR) is 95.9 cm³/mol. The molecule has 1 N–H and O–H groups in total. The average Bonchev–Trinajstić information content (AvgIpc) is 2.60. The van der Waals surface area contributed by atoms with Gasteiger partial charge in [-0.05, 0) is 31.2 Å². The van der Waals surface area contributed by atoms with Crippen molar-refractivity contribution in [2.45, 2.75) is 17.8 Å². The zero-order valence-electron chi connectivity index (χ0n) is 13.6. The number of hydrogen-bond donors (Lipinski definition) is 2. The Labute approximate surface area is 152 Å². The van der Waals surface area contributed by atoms with Crippen LogP contribution in [-0.4, -0.2) is 15.9 Å². The Kier molecular flexibility index (Phi) is 4.62. The van der Waals surface area contributed by atoms with Crippen LogP contribution < -0.4 is 5.32 Å². The van der Waals surface area contributed by atoms with Crippen LogP contribution in [0.15, 0.2) is 54.9 Å². The van der Waals surface area contributed by atoms with Gasteiger partial charge >= 0.3 is 6.18 Å². The molecular formula is C18H14F3N3OS. The van der Waals surface area contributed by atoms with Crippen LogP contribution in [0.4, 0.5) is 18.9 Å². The summed E-state index contributed by atoms with van der Waals surface area (Å²) in [6.45, 7) is 1.54. The number of para-hydroxylation sites is 1. The Morgan fingerprint density at radius 1 is 1.08 bits per heavy atom. The number of nitrogens with one attached hydrogen (secondary N) is 1. The highest BCUT2D eigenvalue weighted by Crippen LogP contribution is 2.34. The van der Waals surface area contributed by atoms with Crippen molar-refractivity contribution in [2.75, 3.05) is 5.32 Å². The molecule has 2 aromatic carbocycles. The Morgan fingerprint density at radius 3 is 2.54 bits per heavy atom. The van der Waals surface area contributed by atoms with Gasteiger partial charge in [-0.2, -0.15) is 25.8 Å². The molecule has 3 aromatic rings. The number of nitrogens with zero attached hydrogens (tertiary/aromatic N) is 2. The molecule has 0 aliphatic rings. The summed E-state index contributed by atoms with van der Waals surface area (Å²) in [4.78, 5) is 21.0. The maximum absolute atomic E-state index is 12.8. The van der Waals surface area contributed by atoms with Gasteiger partial charge in [-0.3, -0.25) is 4.79 Å². The molecule has 1 heterocycles. The number of carbonyl (C=O) groups is 1. The van der Waals surface area contributed by atoms with E-state index in [1.54, 1.807) is 24.3 Å². The molecule has 3 rings (SSSR count). The molecule has 8 heteroatoms. The molecule has 0 radical (unpaired) electrons. The molecule has 0 fully saturated rings. The van der Waals surface area contributed by atoms with Crippen molar-refractivity contribution in [3.63, 3.8) is 0 Å². The molecule has 0 aliphatic carbocycles. The van der Waals surface area contributed by atoms with E-state index in [0.29, 0.717) is 16.6 Å². The zero-order chi connectivity index (χ0) is 18.9. The molecule has 4 nitrogen and oxygen atoms in total. The van der Waals surface area contributed by atoms with Gasteiger partial charge in [0.05, 0.1) is 16.8 Å². The van der Waals surface area contributed by atoms with Crippen molar-refractivity contribution >= 4 is 35.1 Å². The standard InChI is InChI=1S/C18H14F3N3OS/c1-17(26,15-13-7-2-3-8-14(13)22-10-23-15)16(25)24-12-6-4-5-11(9-12)18(19,20)21/h2-10,26H,1H3,(H,24,25). The van der Waals surface area contributed by atoms with E-state index in [0.717, 1.165) is 12.1 Å². The number of fused-ring (bicyclic) bond motifs is 1. The van der Waals surface area contributed by atoms with Gasteiger partial charge in [0.15, 0.2) is 0 Å². The Balaban J connectivity index is 1.94. The lowest BCUT2D eigenvalue weighted by molar-refractivity contribution is -0.137. The number of thiol groups is 1. The van der Waals surface area contributed by atoms with E-state index >= 15 is 0 Å². The number of halogens is 3. The third-order valence-corrected chi connectivity index (χ3v) is 4.31. The fourth-order valence-electron chi connectivity index (χ4n) is 2.53. The molecule has 1 amide bonds. The van der Waals surface area contributed by atoms with Crippen LogP contribution in [0.5, 0.6) is 0 Å². The van der Waals surface area contributed by atoms with Gasteiger partial charge < -0.3 is 5.32 Å². The number of rotatable bonds is 3. The van der Waals surface area contributed by atoms with Crippen LogP contribution in [0.2, 0.25) is 0 Å². The predicted octanol–water partition coefficient (Wildman–Crippen LogP) is 4.43. The third-order valence-electron chi connectivity index (χ3n) is 3.89. The highest BCUT2D eigenvalue weighted by molar-refractivity contribution is 7.82. The second kappa shape index (κ2) is 6.60. The maximum Gasteiger partial charge on any atom is 0.416 e. The minimum absolute atomic E-state index is 0.0310. The SMILES string of the molecule is CC(S)(C(=O)Nc1cccc(C(F)(F)F)c1)c1ncnc2ccccc12. The zero-order valence-corrected chi connectivity index (χ0v) is 14.5. The van der Waals surface area contributed by atoms with Crippen LogP contribution in [0.1, 0.15) is 18.2 Å². The van der Waals surface area contributed by atoms with Crippen LogP contribution >= 0.6 is 12.6 Å². The molecule has 134 valence electrons. The topological polar surface area (TPSA) is 54.9 Å². The third kappa shape index (κ3) is 3.50. The number of carbonyl (C=O) groups excluding carboxylic acids is 1. The summed E-state index contributed by atoms with van der Waals surface area (Å²) in [5.74, 6) is -0.594. The first kappa shape index (κ1) is 18.2. The van der Waals surface area contributed by atoms with Crippen LogP contribution in [-0.2, 0) is 15.7 Å². The van der Waals surface area contributed by atoms with Gasteiger partial charge in [-0.25, -0.2) is 9.97 Å². The quantitative estimate of drug-likeness (QED) is 0.664. The minimum atomic E-state index is -4.49. The first-order valence-corrected chi connectivity index (χ1v) is 8.05. The van der Waals surface area contributed by atoms with E-state index in [4.69, 9.17) is 0 Å². The molecule has 0 aliphatic heterocycles.